The molecule has 1 N–H and O–H groups in total. The van der Waals surface area contributed by atoms with Gasteiger partial charge in [-0.25, -0.2) is 9.37 Å². The van der Waals surface area contributed by atoms with Crippen molar-refractivity contribution in [2.24, 2.45) is 5.92 Å². The quantitative estimate of drug-likeness (QED) is 0.871. The van der Waals surface area contributed by atoms with Gasteiger partial charge >= 0.3 is 0 Å². The van der Waals surface area contributed by atoms with Gasteiger partial charge in [0, 0.05) is 37.9 Å². The van der Waals surface area contributed by atoms with Crippen LogP contribution in [0.25, 0.3) is 0 Å². The van der Waals surface area contributed by atoms with E-state index in [1.54, 1.807) is 12.3 Å². The molecular formula is C16H27FN4. The summed E-state index contributed by atoms with van der Waals surface area (Å²) in [5, 5.41) is 3.17. The minimum Gasteiger partial charge on any atom is -0.354 e. The molecule has 0 radical (unpaired) electrons. The number of piperidine rings is 1. The largest absolute Gasteiger partial charge is 0.354 e. The van der Waals surface area contributed by atoms with Crippen LogP contribution in [-0.4, -0.2) is 50.2 Å². The standard InChI is InChI=1S/C16H27FN4/c1-4-18-11-14-5-8-19-16(15(14)17)21-9-6-13(7-10-21)12-20(2)3/h5,8,13,18H,4,6-7,9-12H2,1-3H3. The van der Waals surface area contributed by atoms with Crippen LogP contribution >= 0.6 is 0 Å². The number of nitrogens with one attached hydrogen (secondary N) is 1. The number of halogens is 1. The SMILES string of the molecule is CCNCc1ccnc(N2CCC(CN(C)C)CC2)c1F. The maximum atomic E-state index is 14.5. The second-order valence-electron chi connectivity index (χ2n) is 6.08. The summed E-state index contributed by atoms with van der Waals surface area (Å²) in [6, 6.07) is 1.76. The summed E-state index contributed by atoms with van der Waals surface area (Å²) in [5.74, 6) is 1.07. The third kappa shape index (κ3) is 4.38. The zero-order chi connectivity index (χ0) is 15.2. The van der Waals surface area contributed by atoms with Crippen molar-refractivity contribution in [2.45, 2.75) is 26.3 Å². The molecule has 0 spiro atoms. The molecule has 1 aromatic rings. The second kappa shape index (κ2) is 7.71. The van der Waals surface area contributed by atoms with Crippen LogP contribution in [0.2, 0.25) is 0 Å². The van der Waals surface area contributed by atoms with Crippen LogP contribution in [-0.2, 0) is 6.54 Å². The van der Waals surface area contributed by atoms with Crippen LogP contribution < -0.4 is 10.2 Å². The smallest absolute Gasteiger partial charge is 0.170 e. The molecule has 118 valence electrons. The Labute approximate surface area is 127 Å². The Morgan fingerprint density at radius 1 is 1.38 bits per heavy atom. The number of hydrogen-bond acceptors (Lipinski definition) is 4. The Morgan fingerprint density at radius 2 is 2.10 bits per heavy atom. The van der Waals surface area contributed by atoms with Crippen LogP contribution in [0.15, 0.2) is 12.3 Å². The summed E-state index contributed by atoms with van der Waals surface area (Å²) in [4.78, 5) is 8.60. The van der Waals surface area contributed by atoms with E-state index in [-0.39, 0.29) is 5.82 Å². The average molecular weight is 294 g/mol. The van der Waals surface area contributed by atoms with Crippen LogP contribution in [0.1, 0.15) is 25.3 Å². The van der Waals surface area contributed by atoms with E-state index < -0.39 is 0 Å². The van der Waals surface area contributed by atoms with Gasteiger partial charge in [0.15, 0.2) is 11.6 Å². The molecule has 1 aliphatic heterocycles. The van der Waals surface area contributed by atoms with E-state index >= 15 is 0 Å². The van der Waals surface area contributed by atoms with Gasteiger partial charge in [-0.1, -0.05) is 6.92 Å². The maximum Gasteiger partial charge on any atom is 0.170 e. The number of pyridine rings is 1. The summed E-state index contributed by atoms with van der Waals surface area (Å²) in [7, 11) is 4.22. The van der Waals surface area contributed by atoms with Gasteiger partial charge in [0.2, 0.25) is 0 Å². The zero-order valence-electron chi connectivity index (χ0n) is 13.4. The lowest BCUT2D eigenvalue weighted by Crippen LogP contribution is -2.38. The Bertz CT molecular complexity index is 442. The first kappa shape index (κ1) is 16.2. The molecule has 5 heteroatoms. The molecule has 1 aliphatic rings. The number of rotatable bonds is 6. The zero-order valence-corrected chi connectivity index (χ0v) is 13.4. The second-order valence-corrected chi connectivity index (χ2v) is 6.08. The first-order valence-corrected chi connectivity index (χ1v) is 7.85. The van der Waals surface area contributed by atoms with Crippen molar-refractivity contribution in [3.8, 4) is 0 Å². The lowest BCUT2D eigenvalue weighted by atomic mass is 9.96. The molecule has 2 rings (SSSR count). The van der Waals surface area contributed by atoms with Gasteiger partial charge < -0.3 is 15.1 Å². The molecule has 2 heterocycles. The molecule has 0 amide bonds. The molecule has 0 aliphatic carbocycles. The Balaban J connectivity index is 2.00. The fourth-order valence-electron chi connectivity index (χ4n) is 2.93. The van der Waals surface area contributed by atoms with Crippen LogP contribution in [0.4, 0.5) is 10.2 Å². The highest BCUT2D eigenvalue weighted by Gasteiger charge is 2.23. The fourth-order valence-corrected chi connectivity index (χ4v) is 2.93. The Morgan fingerprint density at radius 3 is 2.71 bits per heavy atom. The van der Waals surface area contributed by atoms with Gasteiger partial charge in [-0.2, -0.15) is 0 Å². The molecule has 0 atom stereocenters. The number of nitrogens with zero attached hydrogens (tertiary/aromatic N) is 3. The van der Waals surface area contributed by atoms with E-state index in [4.69, 9.17) is 0 Å². The molecule has 1 aromatic heterocycles. The van der Waals surface area contributed by atoms with Crippen LogP contribution in [0, 0.1) is 11.7 Å². The highest BCUT2D eigenvalue weighted by atomic mass is 19.1. The van der Waals surface area contributed by atoms with Crippen molar-refractivity contribution in [1.82, 2.24) is 15.2 Å². The minimum atomic E-state index is -0.162. The Kier molecular flexibility index (Phi) is 5.94. The third-order valence-electron chi connectivity index (χ3n) is 4.05. The lowest BCUT2D eigenvalue weighted by molar-refractivity contribution is 0.284. The number of anilines is 1. The van der Waals surface area contributed by atoms with Gasteiger partial charge in [-0.3, -0.25) is 0 Å². The third-order valence-corrected chi connectivity index (χ3v) is 4.05. The molecule has 0 aromatic carbocycles. The van der Waals surface area contributed by atoms with Gasteiger partial charge in [-0.05, 0) is 45.5 Å². The predicted molar refractivity (Wildman–Crippen MR) is 85.1 cm³/mol. The van der Waals surface area contributed by atoms with Crippen molar-refractivity contribution in [2.75, 3.05) is 45.2 Å². The van der Waals surface area contributed by atoms with Crippen molar-refractivity contribution in [1.29, 1.82) is 0 Å². The summed E-state index contributed by atoms with van der Waals surface area (Å²) in [6.07, 6.45) is 3.93. The van der Waals surface area contributed by atoms with E-state index in [9.17, 15) is 4.39 Å². The summed E-state index contributed by atoms with van der Waals surface area (Å²) < 4.78 is 14.5. The van der Waals surface area contributed by atoms with Gasteiger partial charge in [0.25, 0.3) is 0 Å². The monoisotopic (exact) mass is 294 g/mol. The highest BCUT2D eigenvalue weighted by Crippen LogP contribution is 2.25. The molecule has 1 fully saturated rings. The van der Waals surface area contributed by atoms with E-state index in [2.05, 4.69) is 34.2 Å². The molecule has 0 bridgehead atoms. The average Bonchev–Trinajstić information content (AvgIpc) is 2.47. The minimum absolute atomic E-state index is 0.162. The first-order chi connectivity index (χ1) is 10.1. The van der Waals surface area contributed by atoms with E-state index in [1.165, 1.54) is 0 Å². The number of aromatic nitrogens is 1. The van der Waals surface area contributed by atoms with Crippen molar-refractivity contribution in [3.05, 3.63) is 23.6 Å². The first-order valence-electron chi connectivity index (χ1n) is 7.85. The molecule has 21 heavy (non-hydrogen) atoms. The fraction of sp³-hybridized carbons (Fsp3) is 0.688. The topological polar surface area (TPSA) is 31.4 Å². The van der Waals surface area contributed by atoms with E-state index in [0.29, 0.717) is 23.8 Å². The van der Waals surface area contributed by atoms with Crippen molar-refractivity contribution in [3.63, 3.8) is 0 Å². The summed E-state index contributed by atoms with van der Waals surface area (Å²) in [5.41, 5.74) is 0.706. The van der Waals surface area contributed by atoms with Gasteiger partial charge in [0.05, 0.1) is 0 Å². The van der Waals surface area contributed by atoms with E-state index in [0.717, 1.165) is 39.0 Å². The molecular weight excluding hydrogens is 267 g/mol. The van der Waals surface area contributed by atoms with Crippen LogP contribution in [0.3, 0.4) is 0 Å². The molecule has 1 saturated heterocycles. The van der Waals surface area contributed by atoms with Gasteiger partial charge in [0.1, 0.15) is 0 Å². The maximum absolute atomic E-state index is 14.5. The van der Waals surface area contributed by atoms with E-state index in [1.807, 2.05) is 6.92 Å². The molecule has 4 nitrogen and oxygen atoms in total. The molecule has 0 saturated carbocycles. The lowest BCUT2D eigenvalue weighted by Gasteiger charge is -2.34. The highest BCUT2D eigenvalue weighted by molar-refractivity contribution is 5.43. The normalized spacial score (nSPS) is 16.7. The predicted octanol–water partition coefficient (Wildman–Crippen LogP) is 2.11. The number of hydrogen-bond donors (Lipinski definition) is 1. The van der Waals surface area contributed by atoms with Gasteiger partial charge in [-0.15, -0.1) is 0 Å². The Hall–Kier alpha value is -1.20. The van der Waals surface area contributed by atoms with Crippen molar-refractivity contribution < 1.29 is 4.39 Å². The summed E-state index contributed by atoms with van der Waals surface area (Å²) in [6.45, 7) is 6.34. The summed E-state index contributed by atoms with van der Waals surface area (Å²) >= 11 is 0. The molecule has 0 unspecified atom stereocenters. The van der Waals surface area contributed by atoms with Crippen molar-refractivity contribution >= 4 is 5.82 Å². The van der Waals surface area contributed by atoms with Crippen LogP contribution in [0.5, 0.6) is 0 Å².